The Morgan fingerprint density at radius 3 is 2.52 bits per heavy atom. The minimum absolute atomic E-state index is 0.112. The summed E-state index contributed by atoms with van der Waals surface area (Å²) in [6.45, 7) is 8.92. The third kappa shape index (κ3) is 3.53. The number of thiophene rings is 1. The molecule has 9 rings (SSSR count). The molecule has 0 bridgehead atoms. The molecule has 44 heavy (non-hydrogen) atoms. The first kappa shape index (κ1) is 25.6. The second-order valence-corrected chi connectivity index (χ2v) is 13.3. The maximum atomic E-state index is 6.70. The number of benzene rings is 5. The van der Waals surface area contributed by atoms with E-state index in [4.69, 9.17) is 9.40 Å². The Hall–Kier alpha value is -4.87. The summed E-state index contributed by atoms with van der Waals surface area (Å²) in [5.74, 6) is 0.444. The average Bonchev–Trinajstić information content (AvgIpc) is 3.72. The molecule has 1 atom stereocenters. The van der Waals surface area contributed by atoms with E-state index in [2.05, 4.69) is 123 Å². The van der Waals surface area contributed by atoms with E-state index in [-0.39, 0.29) is 6.17 Å². The summed E-state index contributed by atoms with van der Waals surface area (Å²) in [5.41, 5.74) is 10.3. The summed E-state index contributed by atoms with van der Waals surface area (Å²) in [5, 5.41) is 11.2. The molecule has 0 saturated heterocycles. The van der Waals surface area contributed by atoms with E-state index in [1.807, 2.05) is 12.3 Å². The van der Waals surface area contributed by atoms with Gasteiger partial charge in [-0.15, -0.1) is 11.3 Å². The van der Waals surface area contributed by atoms with Gasteiger partial charge in [-0.1, -0.05) is 74.5 Å². The standard InChI is InChI=1S/C39H31N3OS/c1-21(2)25-14-16-27-31-19-22(3)34(23(4)36(31)43-33(27)20-25)42-35-26-10-6-5-9-24(26)15-17-32(35)41-38(42)30-12-7-11-28-29-13-8-18-40-39(29)44-37(28)30/h5-21,38,41H,1-4H3. The zero-order chi connectivity index (χ0) is 29.7. The van der Waals surface area contributed by atoms with Gasteiger partial charge in [0.15, 0.2) is 0 Å². The van der Waals surface area contributed by atoms with Gasteiger partial charge in [-0.25, -0.2) is 4.98 Å². The van der Waals surface area contributed by atoms with Gasteiger partial charge in [0, 0.05) is 49.0 Å². The molecule has 0 fully saturated rings. The summed E-state index contributed by atoms with van der Waals surface area (Å²) >= 11 is 1.78. The van der Waals surface area contributed by atoms with E-state index < -0.39 is 0 Å². The van der Waals surface area contributed by atoms with E-state index in [0.717, 1.165) is 27.2 Å². The van der Waals surface area contributed by atoms with Crippen LogP contribution in [-0.4, -0.2) is 4.98 Å². The normalized spacial score (nSPS) is 14.9. The summed E-state index contributed by atoms with van der Waals surface area (Å²) in [6.07, 6.45) is 1.78. The van der Waals surface area contributed by atoms with Crippen LogP contribution >= 0.6 is 11.3 Å². The van der Waals surface area contributed by atoms with Crippen LogP contribution in [-0.2, 0) is 0 Å². The molecule has 214 valence electrons. The van der Waals surface area contributed by atoms with Crippen molar-refractivity contribution in [3.05, 3.63) is 119 Å². The van der Waals surface area contributed by atoms with Gasteiger partial charge >= 0.3 is 0 Å². The fourth-order valence-corrected chi connectivity index (χ4v) is 8.45. The number of fused-ring (bicyclic) bond motifs is 9. The Morgan fingerprint density at radius 1 is 0.795 bits per heavy atom. The topological polar surface area (TPSA) is 41.3 Å². The number of anilines is 3. The minimum Gasteiger partial charge on any atom is -0.456 e. The van der Waals surface area contributed by atoms with Crippen LogP contribution in [0.25, 0.3) is 53.0 Å². The molecule has 1 unspecified atom stereocenters. The van der Waals surface area contributed by atoms with Gasteiger partial charge in [0.25, 0.3) is 0 Å². The van der Waals surface area contributed by atoms with Crippen molar-refractivity contribution in [2.45, 2.75) is 39.8 Å². The third-order valence-electron chi connectivity index (χ3n) is 9.38. The summed E-state index contributed by atoms with van der Waals surface area (Å²) < 4.78 is 7.97. The quantitative estimate of drug-likeness (QED) is 0.223. The molecule has 0 aliphatic carbocycles. The lowest BCUT2D eigenvalue weighted by molar-refractivity contribution is 0.663. The number of hydrogen-bond acceptors (Lipinski definition) is 5. The molecule has 3 aromatic heterocycles. The monoisotopic (exact) mass is 589 g/mol. The summed E-state index contributed by atoms with van der Waals surface area (Å²) in [4.78, 5) is 8.31. The lowest BCUT2D eigenvalue weighted by atomic mass is 9.98. The maximum absolute atomic E-state index is 6.70. The summed E-state index contributed by atoms with van der Waals surface area (Å²) in [7, 11) is 0. The Kier molecular flexibility index (Phi) is 5.42. The zero-order valence-corrected chi connectivity index (χ0v) is 25.9. The van der Waals surface area contributed by atoms with E-state index in [9.17, 15) is 0 Å². The molecular weight excluding hydrogens is 559 g/mol. The van der Waals surface area contributed by atoms with Gasteiger partial charge in [-0.2, -0.15) is 0 Å². The van der Waals surface area contributed by atoms with E-state index in [0.29, 0.717) is 5.92 Å². The van der Waals surface area contributed by atoms with Crippen molar-refractivity contribution < 1.29 is 4.42 Å². The molecule has 1 aliphatic rings. The van der Waals surface area contributed by atoms with Crippen LogP contribution in [0.5, 0.6) is 0 Å². The molecule has 4 heterocycles. The fourth-order valence-electron chi connectivity index (χ4n) is 7.27. The SMILES string of the molecule is Cc1cc2c(oc3cc(C(C)C)ccc32)c(C)c1N1c2c(ccc3ccccc23)NC1c1cccc2c1sc1ncccc12. The fraction of sp³-hybridized carbons (Fsp3) is 0.154. The molecule has 0 amide bonds. The number of rotatable bonds is 3. The van der Waals surface area contributed by atoms with Crippen LogP contribution < -0.4 is 10.2 Å². The molecule has 4 nitrogen and oxygen atoms in total. The van der Waals surface area contributed by atoms with Crippen LogP contribution in [0.15, 0.2) is 102 Å². The smallest absolute Gasteiger partial charge is 0.140 e. The van der Waals surface area contributed by atoms with E-state index in [1.54, 1.807) is 11.3 Å². The Bertz CT molecular complexity index is 2450. The van der Waals surface area contributed by atoms with Crippen molar-refractivity contribution in [1.29, 1.82) is 0 Å². The highest BCUT2D eigenvalue weighted by Crippen LogP contribution is 2.54. The number of pyridine rings is 1. The summed E-state index contributed by atoms with van der Waals surface area (Å²) in [6, 6.07) is 33.1. The van der Waals surface area contributed by atoms with Crippen LogP contribution in [0.3, 0.4) is 0 Å². The lowest BCUT2D eigenvalue weighted by Gasteiger charge is -2.31. The zero-order valence-electron chi connectivity index (χ0n) is 25.1. The van der Waals surface area contributed by atoms with Crippen molar-refractivity contribution in [2.24, 2.45) is 0 Å². The van der Waals surface area contributed by atoms with E-state index >= 15 is 0 Å². The Balaban J connectivity index is 1.34. The highest BCUT2D eigenvalue weighted by Gasteiger charge is 2.36. The highest BCUT2D eigenvalue weighted by atomic mass is 32.1. The number of hydrogen-bond donors (Lipinski definition) is 1. The van der Waals surface area contributed by atoms with Crippen molar-refractivity contribution in [3.63, 3.8) is 0 Å². The van der Waals surface area contributed by atoms with Crippen molar-refractivity contribution in [1.82, 2.24) is 4.98 Å². The van der Waals surface area contributed by atoms with Gasteiger partial charge in [0.1, 0.15) is 22.2 Å². The maximum Gasteiger partial charge on any atom is 0.140 e. The van der Waals surface area contributed by atoms with Gasteiger partial charge in [-0.3, -0.25) is 0 Å². The Labute approximate surface area is 259 Å². The number of nitrogens with zero attached hydrogens (tertiary/aromatic N) is 2. The molecule has 5 heteroatoms. The lowest BCUT2D eigenvalue weighted by Crippen LogP contribution is -2.25. The first-order chi connectivity index (χ1) is 21.5. The second kappa shape index (κ2) is 9.31. The van der Waals surface area contributed by atoms with Gasteiger partial charge in [0.2, 0.25) is 0 Å². The first-order valence-corrected chi connectivity index (χ1v) is 16.1. The van der Waals surface area contributed by atoms with Crippen molar-refractivity contribution in [2.75, 3.05) is 10.2 Å². The van der Waals surface area contributed by atoms with Crippen molar-refractivity contribution >= 4 is 81.4 Å². The molecule has 1 aliphatic heterocycles. The molecule has 8 aromatic rings. The van der Waals surface area contributed by atoms with Crippen LogP contribution in [0.4, 0.5) is 17.1 Å². The number of aromatic nitrogens is 1. The van der Waals surface area contributed by atoms with Gasteiger partial charge in [0.05, 0.1) is 17.1 Å². The minimum atomic E-state index is -0.112. The number of nitrogens with one attached hydrogen (secondary N) is 1. The molecular formula is C39H31N3OS. The predicted molar refractivity (Wildman–Crippen MR) is 187 cm³/mol. The largest absolute Gasteiger partial charge is 0.456 e. The second-order valence-electron chi connectivity index (χ2n) is 12.3. The molecule has 1 N–H and O–H groups in total. The first-order valence-electron chi connectivity index (χ1n) is 15.3. The molecule has 0 radical (unpaired) electrons. The molecule has 0 saturated carbocycles. The molecule has 5 aromatic carbocycles. The van der Waals surface area contributed by atoms with Crippen LogP contribution in [0.1, 0.15) is 48.2 Å². The van der Waals surface area contributed by atoms with E-state index in [1.165, 1.54) is 65.1 Å². The van der Waals surface area contributed by atoms with Gasteiger partial charge < -0.3 is 14.6 Å². The molecule has 0 spiro atoms. The van der Waals surface area contributed by atoms with Crippen molar-refractivity contribution in [3.8, 4) is 0 Å². The predicted octanol–water partition coefficient (Wildman–Crippen LogP) is 11.5. The highest BCUT2D eigenvalue weighted by molar-refractivity contribution is 7.25. The average molecular weight is 590 g/mol. The van der Waals surface area contributed by atoms with Crippen LogP contribution in [0.2, 0.25) is 0 Å². The number of aryl methyl sites for hydroxylation is 2. The van der Waals surface area contributed by atoms with Crippen LogP contribution in [0, 0.1) is 13.8 Å². The third-order valence-corrected chi connectivity index (χ3v) is 10.6. The van der Waals surface area contributed by atoms with Gasteiger partial charge in [-0.05, 0) is 66.6 Å². The Morgan fingerprint density at radius 2 is 1.64 bits per heavy atom. The number of furan rings is 1.